The largest absolute Gasteiger partial charge is 0.391 e. The van der Waals surface area contributed by atoms with E-state index in [2.05, 4.69) is 45.7 Å². The highest BCUT2D eigenvalue weighted by Crippen LogP contribution is 2.40. The maximum Gasteiger partial charge on any atom is 0.251 e. The van der Waals surface area contributed by atoms with E-state index < -0.39 is 41.5 Å². The number of likely N-dealkylation sites (tertiary alicyclic amines) is 1. The molecule has 3 amide bonds. The predicted octanol–water partition coefficient (Wildman–Crippen LogP) is 8.14. The van der Waals surface area contributed by atoms with Crippen LogP contribution in [0.15, 0.2) is 83.3 Å². The predicted molar refractivity (Wildman–Crippen MR) is 250 cm³/mol. The van der Waals surface area contributed by atoms with Crippen molar-refractivity contribution in [3.05, 3.63) is 128 Å². The van der Waals surface area contributed by atoms with Gasteiger partial charge in [-0.3, -0.25) is 23.9 Å². The Labute approximate surface area is 380 Å². The van der Waals surface area contributed by atoms with Gasteiger partial charge in [-0.1, -0.05) is 81.4 Å². The van der Waals surface area contributed by atoms with Crippen LogP contribution in [0.1, 0.15) is 107 Å². The molecule has 6 aromatic rings. The van der Waals surface area contributed by atoms with Crippen LogP contribution in [-0.4, -0.2) is 77.9 Å². The Hall–Kier alpha value is -6.34. The minimum atomic E-state index is -0.983. The first-order chi connectivity index (χ1) is 30.5. The average Bonchev–Trinajstić information content (AvgIpc) is 4.04. The van der Waals surface area contributed by atoms with E-state index in [-0.39, 0.29) is 31.3 Å². The average molecular weight is 894 g/mol. The van der Waals surface area contributed by atoms with Crippen molar-refractivity contribution in [3.8, 4) is 32.6 Å². The number of carbonyl (C=O) groups excluding carboxylic acids is 3. The molecule has 1 fully saturated rings. The lowest BCUT2D eigenvalue weighted by Crippen LogP contribution is -2.57. The number of thiophene rings is 1. The summed E-state index contributed by atoms with van der Waals surface area (Å²) in [7, 11) is 0. The second-order valence-corrected chi connectivity index (χ2v) is 19.8. The number of carbonyl (C=O) groups is 3. The molecule has 2 aliphatic heterocycles. The Morgan fingerprint density at radius 2 is 1.55 bits per heavy atom. The van der Waals surface area contributed by atoms with E-state index in [9.17, 15) is 24.8 Å². The Balaban J connectivity index is 0.958. The summed E-state index contributed by atoms with van der Waals surface area (Å²) in [6.45, 7) is 15.5. The summed E-state index contributed by atoms with van der Waals surface area (Å²) in [5.74, 6) is 0.178. The van der Waals surface area contributed by atoms with Crippen molar-refractivity contribution in [1.82, 2.24) is 35.3 Å². The van der Waals surface area contributed by atoms with Gasteiger partial charge in [0.25, 0.3) is 5.91 Å². The standard InChI is InChI=1S/C49H51N9O4S2/c1-26-29(4)64-48-40(26)41(53-38(21-22-50)44-56-55-30(5)58(44)48)34-15-11-32(12-16-34)33-13-19-36(20-14-33)45(60)54-43(49(6,7)8)47(62)57-24-37(59)23-39(57)46(61)52-27(2)31-9-17-35(18-10-31)42-28(3)51-25-63-42/h9-20,25,27,37-39,43,59H,21,23-24H2,1-8H3,(H,52,61)(H,54,60)/t27-,37+,38-,39-,43+/m0/s1. The molecule has 0 saturated carbocycles. The van der Waals surface area contributed by atoms with Crippen molar-refractivity contribution in [1.29, 1.82) is 5.26 Å². The van der Waals surface area contributed by atoms with Gasteiger partial charge in [0.2, 0.25) is 11.8 Å². The number of aryl methyl sites for hydroxylation is 3. The second-order valence-electron chi connectivity index (χ2n) is 17.7. The van der Waals surface area contributed by atoms with Crippen LogP contribution in [0.25, 0.3) is 26.6 Å². The van der Waals surface area contributed by atoms with Crippen LogP contribution < -0.4 is 10.6 Å². The topological polar surface area (TPSA) is 178 Å². The summed E-state index contributed by atoms with van der Waals surface area (Å²) in [5.41, 5.74) is 10.1. The van der Waals surface area contributed by atoms with E-state index in [1.807, 2.05) is 112 Å². The Morgan fingerprint density at radius 3 is 2.17 bits per heavy atom. The zero-order chi connectivity index (χ0) is 45.6. The summed E-state index contributed by atoms with van der Waals surface area (Å²) < 4.78 is 2.03. The second kappa shape index (κ2) is 17.7. The number of β-amino-alcohol motifs (C(OH)–C–C–N with tert-alkyl or cyclic N) is 1. The van der Waals surface area contributed by atoms with Crippen LogP contribution in [0.4, 0.5) is 0 Å². The number of nitrogens with one attached hydrogen (secondary N) is 2. The van der Waals surface area contributed by atoms with Gasteiger partial charge >= 0.3 is 0 Å². The Kier molecular flexibility index (Phi) is 12.2. The molecule has 5 heterocycles. The number of aliphatic hydroxyl groups is 1. The molecule has 0 unspecified atom stereocenters. The third kappa shape index (κ3) is 8.53. The molecule has 0 radical (unpaired) electrons. The third-order valence-corrected chi connectivity index (χ3v) is 14.4. The van der Waals surface area contributed by atoms with Crippen molar-refractivity contribution < 1.29 is 19.5 Å². The number of aliphatic hydroxyl groups excluding tert-OH is 1. The highest BCUT2D eigenvalue weighted by atomic mass is 32.1. The molecule has 3 N–H and O–H groups in total. The lowest BCUT2D eigenvalue weighted by Gasteiger charge is -2.35. The molecule has 15 heteroatoms. The molecule has 3 aromatic carbocycles. The van der Waals surface area contributed by atoms with E-state index >= 15 is 0 Å². The van der Waals surface area contributed by atoms with E-state index in [0.29, 0.717) is 11.4 Å². The number of nitrogens with zero attached hydrogens (tertiary/aromatic N) is 7. The number of amides is 3. The first-order valence-corrected chi connectivity index (χ1v) is 23.0. The molecule has 8 rings (SSSR count). The number of aliphatic imine (C=N–C) groups is 1. The number of thiazole rings is 1. The lowest BCUT2D eigenvalue weighted by atomic mass is 9.85. The van der Waals surface area contributed by atoms with Gasteiger partial charge in [0.1, 0.15) is 29.0 Å². The van der Waals surface area contributed by atoms with Crippen molar-refractivity contribution in [2.75, 3.05) is 6.54 Å². The van der Waals surface area contributed by atoms with Crippen LogP contribution in [0.2, 0.25) is 0 Å². The monoisotopic (exact) mass is 893 g/mol. The smallest absolute Gasteiger partial charge is 0.251 e. The normalized spacial score (nSPS) is 18.0. The highest BCUT2D eigenvalue weighted by molar-refractivity contribution is 7.15. The minimum Gasteiger partial charge on any atom is -0.391 e. The van der Waals surface area contributed by atoms with E-state index in [4.69, 9.17) is 4.99 Å². The number of hydrogen-bond acceptors (Lipinski definition) is 11. The molecular formula is C49H51N9O4S2. The summed E-state index contributed by atoms with van der Waals surface area (Å²) in [6.07, 6.45) is -0.626. The van der Waals surface area contributed by atoms with Gasteiger partial charge in [-0.2, -0.15) is 5.26 Å². The fourth-order valence-corrected chi connectivity index (χ4v) is 10.5. The number of rotatable bonds is 10. The van der Waals surface area contributed by atoms with E-state index in [1.54, 1.807) is 34.8 Å². The van der Waals surface area contributed by atoms with Crippen molar-refractivity contribution >= 4 is 46.1 Å². The summed E-state index contributed by atoms with van der Waals surface area (Å²) in [4.78, 5) is 55.1. The van der Waals surface area contributed by atoms with E-state index in [0.717, 1.165) is 66.1 Å². The molecule has 0 spiro atoms. The Bertz CT molecular complexity index is 2810. The maximum atomic E-state index is 14.3. The minimum absolute atomic E-state index is 0.0200. The summed E-state index contributed by atoms with van der Waals surface area (Å²) in [5, 5.41) is 36.2. The molecular weight excluding hydrogens is 843 g/mol. The molecule has 13 nitrogen and oxygen atoms in total. The lowest BCUT2D eigenvalue weighted by molar-refractivity contribution is -0.142. The summed E-state index contributed by atoms with van der Waals surface area (Å²) >= 11 is 3.24. The van der Waals surface area contributed by atoms with E-state index in [1.165, 1.54) is 9.78 Å². The Morgan fingerprint density at radius 1 is 0.906 bits per heavy atom. The SMILES string of the molecule is Cc1ncsc1-c1ccc([C@H](C)NC(=O)[C@@H]2C[C@@H](O)CN2C(=O)[C@@H](NC(=O)c2ccc(-c3ccc(C4=N[C@@H](CC#N)c5nnc(C)n5-c5sc(C)c(C)c54)cc3)cc2)C(C)(C)C)cc1. The summed E-state index contributed by atoms with van der Waals surface area (Å²) in [6, 6.07) is 22.8. The molecule has 5 atom stereocenters. The van der Waals surface area contributed by atoms with Gasteiger partial charge < -0.3 is 20.6 Å². The van der Waals surface area contributed by atoms with Gasteiger partial charge in [0.05, 0.1) is 46.4 Å². The van der Waals surface area contributed by atoms with Crippen molar-refractivity contribution in [3.63, 3.8) is 0 Å². The number of hydrogen-bond donors (Lipinski definition) is 3. The first kappa shape index (κ1) is 44.3. The fraction of sp³-hybridized carbons (Fsp3) is 0.347. The van der Waals surface area contributed by atoms with Crippen molar-refractivity contribution in [2.24, 2.45) is 10.4 Å². The molecule has 1 saturated heterocycles. The number of aromatic nitrogens is 4. The molecule has 3 aromatic heterocycles. The number of fused-ring (bicyclic) bond motifs is 3. The molecule has 2 aliphatic rings. The van der Waals surface area contributed by atoms with Gasteiger partial charge in [-0.15, -0.1) is 32.9 Å². The molecule has 64 heavy (non-hydrogen) atoms. The van der Waals surface area contributed by atoms with Crippen LogP contribution in [0.5, 0.6) is 0 Å². The molecule has 0 bridgehead atoms. The maximum absolute atomic E-state index is 14.3. The molecule has 328 valence electrons. The zero-order valence-electron chi connectivity index (χ0n) is 37.1. The quantitative estimate of drug-likeness (QED) is 0.123. The van der Waals surface area contributed by atoms with Gasteiger partial charge in [0, 0.05) is 34.5 Å². The zero-order valence-corrected chi connectivity index (χ0v) is 38.8. The first-order valence-electron chi connectivity index (χ1n) is 21.3. The van der Waals surface area contributed by atoms with Gasteiger partial charge in [-0.05, 0) is 80.0 Å². The van der Waals surface area contributed by atoms with Crippen LogP contribution in [0, 0.1) is 44.4 Å². The third-order valence-electron chi connectivity index (χ3n) is 12.2. The van der Waals surface area contributed by atoms with Gasteiger partial charge in [0.15, 0.2) is 5.82 Å². The van der Waals surface area contributed by atoms with Crippen LogP contribution in [0.3, 0.4) is 0 Å². The van der Waals surface area contributed by atoms with Crippen LogP contribution in [-0.2, 0) is 9.59 Å². The fourth-order valence-electron chi connectivity index (χ4n) is 8.48. The highest BCUT2D eigenvalue weighted by Gasteiger charge is 2.45. The molecule has 0 aliphatic carbocycles. The van der Waals surface area contributed by atoms with Crippen LogP contribution >= 0.6 is 22.7 Å². The van der Waals surface area contributed by atoms with Gasteiger partial charge in [-0.25, -0.2) is 4.98 Å². The number of benzene rings is 3. The number of nitriles is 1. The van der Waals surface area contributed by atoms with Crippen molar-refractivity contribution in [2.45, 2.75) is 98.5 Å².